The standard InChI is InChI=1S/C28H36O3Se/c1-7-29-20(4)24-15-12-16-25(21(5)30-8-2)28(24)32-22(6)27(23-13-10-9-11-14-23)26-18-17-19(3)31-26/h9-18,20-22,27H,7-8H2,1-6H3/t20-,21-,22-,27-/m1/s1. The summed E-state index contributed by atoms with van der Waals surface area (Å²) in [7, 11) is 0. The van der Waals surface area contributed by atoms with E-state index in [1.807, 2.05) is 6.92 Å². The number of furan rings is 1. The van der Waals surface area contributed by atoms with Crippen molar-refractivity contribution in [3.8, 4) is 0 Å². The summed E-state index contributed by atoms with van der Waals surface area (Å²) in [6, 6.07) is 21.5. The quantitative estimate of drug-likeness (QED) is 0.274. The molecule has 172 valence electrons. The van der Waals surface area contributed by atoms with Crippen LogP contribution in [0.4, 0.5) is 0 Å². The molecular weight excluding hydrogens is 463 g/mol. The molecule has 4 atom stereocenters. The molecule has 32 heavy (non-hydrogen) atoms. The Bertz CT molecular complexity index is 936. The molecule has 3 nitrogen and oxygen atoms in total. The third-order valence-corrected chi connectivity index (χ3v) is 8.62. The molecule has 0 aliphatic rings. The number of hydrogen-bond acceptors (Lipinski definition) is 3. The third kappa shape index (κ3) is 5.93. The zero-order chi connectivity index (χ0) is 23.1. The van der Waals surface area contributed by atoms with Gasteiger partial charge in [0.15, 0.2) is 0 Å². The average Bonchev–Trinajstić information content (AvgIpc) is 3.20. The van der Waals surface area contributed by atoms with Crippen LogP contribution in [-0.2, 0) is 9.47 Å². The Morgan fingerprint density at radius 1 is 0.781 bits per heavy atom. The molecular formula is C28H36O3Se. The zero-order valence-corrected chi connectivity index (χ0v) is 21.8. The van der Waals surface area contributed by atoms with E-state index in [-0.39, 0.29) is 33.1 Å². The summed E-state index contributed by atoms with van der Waals surface area (Å²) in [6.45, 7) is 14.2. The predicted octanol–water partition coefficient (Wildman–Crippen LogP) is 6.75. The van der Waals surface area contributed by atoms with E-state index in [2.05, 4.69) is 95.3 Å². The molecule has 0 fully saturated rings. The summed E-state index contributed by atoms with van der Waals surface area (Å²) in [5.41, 5.74) is 3.86. The maximum absolute atomic E-state index is 6.15. The van der Waals surface area contributed by atoms with Crippen LogP contribution in [0.25, 0.3) is 0 Å². The maximum atomic E-state index is 6.15. The molecule has 0 bridgehead atoms. The van der Waals surface area contributed by atoms with Gasteiger partial charge in [-0.3, -0.25) is 0 Å². The molecule has 3 rings (SSSR count). The average molecular weight is 500 g/mol. The van der Waals surface area contributed by atoms with Crippen LogP contribution in [0.15, 0.2) is 65.1 Å². The van der Waals surface area contributed by atoms with Crippen molar-refractivity contribution in [1.29, 1.82) is 0 Å². The molecule has 0 aliphatic heterocycles. The minimum atomic E-state index is 0.0545. The summed E-state index contributed by atoms with van der Waals surface area (Å²) in [5, 5.41) is 0. The van der Waals surface area contributed by atoms with Crippen molar-refractivity contribution < 1.29 is 13.9 Å². The van der Waals surface area contributed by atoms with E-state index in [1.165, 1.54) is 21.2 Å². The van der Waals surface area contributed by atoms with Gasteiger partial charge >= 0.3 is 200 Å². The van der Waals surface area contributed by atoms with Gasteiger partial charge in [0.05, 0.1) is 0 Å². The summed E-state index contributed by atoms with van der Waals surface area (Å²) >= 11 is 0.184. The van der Waals surface area contributed by atoms with Crippen molar-refractivity contribution >= 4 is 19.4 Å². The number of hydrogen-bond donors (Lipinski definition) is 0. The van der Waals surface area contributed by atoms with Crippen molar-refractivity contribution in [2.75, 3.05) is 13.2 Å². The first-order chi connectivity index (χ1) is 15.5. The van der Waals surface area contributed by atoms with Gasteiger partial charge in [-0.05, 0) is 0 Å². The van der Waals surface area contributed by atoms with Crippen LogP contribution in [-0.4, -0.2) is 28.2 Å². The molecule has 4 heteroatoms. The molecule has 0 unspecified atom stereocenters. The summed E-state index contributed by atoms with van der Waals surface area (Å²) in [6.07, 6.45) is 0.109. The van der Waals surface area contributed by atoms with Crippen LogP contribution in [0.1, 0.15) is 81.0 Å². The van der Waals surface area contributed by atoms with Crippen molar-refractivity contribution in [2.45, 2.75) is 64.5 Å². The molecule has 0 amide bonds. The van der Waals surface area contributed by atoms with Gasteiger partial charge in [-0.25, -0.2) is 0 Å². The first kappa shape index (κ1) is 24.8. The normalized spacial score (nSPS) is 15.3. The summed E-state index contributed by atoms with van der Waals surface area (Å²) < 4.78 is 19.6. The van der Waals surface area contributed by atoms with Gasteiger partial charge in [-0.15, -0.1) is 0 Å². The van der Waals surface area contributed by atoms with Crippen molar-refractivity contribution in [3.63, 3.8) is 0 Å². The fourth-order valence-corrected chi connectivity index (χ4v) is 7.46. The molecule has 2 aromatic carbocycles. The molecule has 0 radical (unpaired) electrons. The van der Waals surface area contributed by atoms with Crippen LogP contribution in [0.5, 0.6) is 0 Å². The second kappa shape index (κ2) is 11.9. The first-order valence-corrected chi connectivity index (χ1v) is 13.4. The SMILES string of the molecule is CCO[C@H](C)c1cccc([C@@H](C)OCC)c1[Se][C@H](C)[C@H](c1ccccc1)c1ccc(C)o1. The van der Waals surface area contributed by atoms with Crippen molar-refractivity contribution in [2.24, 2.45) is 0 Å². The second-order valence-electron chi connectivity index (χ2n) is 8.12. The Balaban J connectivity index is 2.03. The molecule has 0 N–H and O–H groups in total. The minimum absolute atomic E-state index is 0.0545. The van der Waals surface area contributed by atoms with Gasteiger partial charge in [0.25, 0.3) is 0 Å². The second-order valence-corrected chi connectivity index (χ2v) is 11.0. The Kier molecular flexibility index (Phi) is 9.19. The van der Waals surface area contributed by atoms with Gasteiger partial charge in [-0.2, -0.15) is 0 Å². The number of rotatable bonds is 11. The number of benzene rings is 2. The predicted molar refractivity (Wildman–Crippen MR) is 133 cm³/mol. The Morgan fingerprint density at radius 2 is 1.38 bits per heavy atom. The van der Waals surface area contributed by atoms with E-state index >= 15 is 0 Å². The Morgan fingerprint density at radius 3 is 1.88 bits per heavy atom. The molecule has 0 spiro atoms. The Hall–Kier alpha value is -1.84. The van der Waals surface area contributed by atoms with E-state index in [4.69, 9.17) is 13.9 Å². The third-order valence-electron chi connectivity index (χ3n) is 5.78. The molecule has 0 saturated heterocycles. The molecule has 1 heterocycles. The van der Waals surface area contributed by atoms with Gasteiger partial charge in [0.1, 0.15) is 0 Å². The first-order valence-electron chi connectivity index (χ1n) is 11.6. The van der Waals surface area contributed by atoms with E-state index < -0.39 is 0 Å². The summed E-state index contributed by atoms with van der Waals surface area (Å²) in [5.74, 6) is 2.20. The van der Waals surface area contributed by atoms with E-state index in [9.17, 15) is 0 Å². The van der Waals surface area contributed by atoms with Crippen molar-refractivity contribution in [3.05, 3.63) is 88.9 Å². The number of aryl methyl sites for hydroxylation is 1. The Labute approximate surface area is 199 Å². The van der Waals surface area contributed by atoms with E-state index in [1.54, 1.807) is 0 Å². The van der Waals surface area contributed by atoms with E-state index in [0.29, 0.717) is 18.0 Å². The fraction of sp³-hybridized carbons (Fsp3) is 0.429. The monoisotopic (exact) mass is 500 g/mol. The van der Waals surface area contributed by atoms with Crippen LogP contribution < -0.4 is 4.46 Å². The number of ether oxygens (including phenoxy) is 2. The molecule has 0 aliphatic carbocycles. The molecule has 3 aromatic rings. The van der Waals surface area contributed by atoms with Gasteiger partial charge in [0.2, 0.25) is 0 Å². The van der Waals surface area contributed by atoms with Gasteiger partial charge in [-0.1, -0.05) is 0 Å². The summed E-state index contributed by atoms with van der Waals surface area (Å²) in [4.78, 5) is 0.387. The van der Waals surface area contributed by atoms with Crippen LogP contribution in [0, 0.1) is 6.92 Å². The van der Waals surface area contributed by atoms with Crippen LogP contribution in [0.3, 0.4) is 0 Å². The molecule has 1 aromatic heterocycles. The molecule has 0 saturated carbocycles. The topological polar surface area (TPSA) is 31.6 Å². The fourth-order valence-electron chi connectivity index (χ4n) is 4.23. The zero-order valence-electron chi connectivity index (χ0n) is 20.1. The van der Waals surface area contributed by atoms with Gasteiger partial charge < -0.3 is 0 Å². The van der Waals surface area contributed by atoms with E-state index in [0.717, 1.165) is 11.5 Å². The van der Waals surface area contributed by atoms with Crippen LogP contribution >= 0.6 is 0 Å². The van der Waals surface area contributed by atoms with Gasteiger partial charge in [0, 0.05) is 0 Å². The van der Waals surface area contributed by atoms with Crippen LogP contribution in [0.2, 0.25) is 4.82 Å². The van der Waals surface area contributed by atoms with Crippen molar-refractivity contribution in [1.82, 2.24) is 0 Å².